The van der Waals surface area contributed by atoms with Gasteiger partial charge in [-0.15, -0.1) is 0 Å². The Morgan fingerprint density at radius 2 is 1.78 bits per heavy atom. The fourth-order valence-corrected chi connectivity index (χ4v) is 2.03. The van der Waals surface area contributed by atoms with Gasteiger partial charge in [0.05, 0.1) is 21.1 Å². The van der Waals surface area contributed by atoms with Crippen molar-refractivity contribution >= 4 is 23.0 Å². The van der Waals surface area contributed by atoms with Gasteiger partial charge >= 0.3 is 5.30 Å². The van der Waals surface area contributed by atoms with Crippen LogP contribution < -0.4 is 5.11 Å². The molecule has 0 bridgehead atoms. The minimum absolute atomic E-state index is 0.250. The van der Waals surface area contributed by atoms with Crippen molar-refractivity contribution in [3.05, 3.63) is 0 Å². The number of ether oxygens (including phenoxy) is 1. The van der Waals surface area contributed by atoms with Gasteiger partial charge < -0.3 is 19.1 Å². The maximum Gasteiger partial charge on any atom is 0.368 e. The molecule has 0 heterocycles. The standard InChI is InChI=1S/C12H23NO4S/c1-12(2,3)18-11(16)17-9(7-10(14)15)8-13(4,5)6/h9H,7-8H2,1-6H3/t9-/m1/s1. The van der Waals surface area contributed by atoms with Crippen LogP contribution in [0.1, 0.15) is 27.2 Å². The summed E-state index contributed by atoms with van der Waals surface area (Å²) in [6, 6.07) is 0. The molecular weight excluding hydrogens is 254 g/mol. The molecule has 18 heavy (non-hydrogen) atoms. The zero-order chi connectivity index (χ0) is 14.6. The third-order valence-corrected chi connectivity index (χ3v) is 2.67. The van der Waals surface area contributed by atoms with Crippen LogP contribution in [0.25, 0.3) is 0 Å². The summed E-state index contributed by atoms with van der Waals surface area (Å²) in [5.41, 5.74) is 0. The summed E-state index contributed by atoms with van der Waals surface area (Å²) in [5.74, 6) is -1.21. The summed E-state index contributed by atoms with van der Waals surface area (Å²) in [7, 11) is 5.73. The molecule has 0 rings (SSSR count). The number of thioether (sulfide) groups is 1. The van der Waals surface area contributed by atoms with Gasteiger partial charge in [0.25, 0.3) is 0 Å². The SMILES string of the molecule is CC(C)(C)SC(=O)O[C@H](CC(=O)[O-])C[N+](C)(C)C. The summed E-state index contributed by atoms with van der Waals surface area (Å²) in [4.78, 5) is 22.3. The molecule has 0 aliphatic heterocycles. The van der Waals surface area contributed by atoms with Gasteiger partial charge in [-0.1, -0.05) is 20.8 Å². The van der Waals surface area contributed by atoms with Crippen molar-refractivity contribution in [2.45, 2.75) is 38.0 Å². The highest BCUT2D eigenvalue weighted by Gasteiger charge is 2.25. The highest BCUT2D eigenvalue weighted by Crippen LogP contribution is 2.26. The van der Waals surface area contributed by atoms with Gasteiger partial charge in [0.15, 0.2) is 6.10 Å². The minimum atomic E-state index is -1.21. The Hall–Kier alpha value is -0.750. The monoisotopic (exact) mass is 277 g/mol. The Labute approximate surface area is 113 Å². The van der Waals surface area contributed by atoms with Crippen LogP contribution in [0.4, 0.5) is 4.79 Å². The molecule has 106 valence electrons. The molecule has 1 atom stereocenters. The van der Waals surface area contributed by atoms with Crippen LogP contribution >= 0.6 is 11.8 Å². The molecule has 0 spiro atoms. The number of likely N-dealkylation sites (N-methyl/N-ethyl adjacent to an activating group) is 1. The second-order valence-electron chi connectivity index (χ2n) is 6.25. The molecule has 0 aromatic rings. The Morgan fingerprint density at radius 3 is 2.11 bits per heavy atom. The maximum atomic E-state index is 11.7. The predicted octanol–water partition coefficient (Wildman–Crippen LogP) is 0.869. The number of hydrogen-bond acceptors (Lipinski definition) is 5. The van der Waals surface area contributed by atoms with Crippen LogP contribution in [-0.4, -0.2) is 54.3 Å². The number of carbonyl (C=O) groups excluding carboxylic acids is 2. The smallest absolute Gasteiger partial charge is 0.368 e. The van der Waals surface area contributed by atoms with Crippen molar-refractivity contribution in [1.82, 2.24) is 0 Å². The summed E-state index contributed by atoms with van der Waals surface area (Å²) >= 11 is 1.06. The number of aliphatic carboxylic acids is 1. The quantitative estimate of drug-likeness (QED) is 0.551. The second-order valence-corrected chi connectivity index (χ2v) is 8.02. The lowest BCUT2D eigenvalue weighted by Gasteiger charge is -2.29. The number of carboxylic acids is 1. The van der Waals surface area contributed by atoms with Crippen LogP contribution in [0.15, 0.2) is 0 Å². The van der Waals surface area contributed by atoms with Crippen molar-refractivity contribution in [2.24, 2.45) is 0 Å². The molecule has 6 heteroatoms. The first-order chi connectivity index (χ1) is 7.89. The molecule has 0 saturated carbocycles. The van der Waals surface area contributed by atoms with Crippen LogP contribution in [0.2, 0.25) is 0 Å². The molecule has 0 saturated heterocycles. The Morgan fingerprint density at radius 1 is 1.28 bits per heavy atom. The van der Waals surface area contributed by atoms with Crippen molar-refractivity contribution in [3.63, 3.8) is 0 Å². The third kappa shape index (κ3) is 10.4. The van der Waals surface area contributed by atoms with Gasteiger partial charge in [-0.25, -0.2) is 4.79 Å². The molecule has 0 aliphatic carbocycles. The lowest BCUT2D eigenvalue weighted by atomic mass is 10.2. The first kappa shape index (κ1) is 17.2. The van der Waals surface area contributed by atoms with Crippen LogP contribution in [0.3, 0.4) is 0 Å². The first-order valence-corrected chi connectivity index (χ1v) is 6.60. The second kappa shape index (κ2) is 6.43. The highest BCUT2D eigenvalue weighted by molar-refractivity contribution is 8.14. The van der Waals surface area contributed by atoms with E-state index in [1.165, 1.54) is 0 Å². The van der Waals surface area contributed by atoms with E-state index in [-0.39, 0.29) is 11.2 Å². The lowest BCUT2D eigenvalue weighted by Crippen LogP contribution is -2.45. The Kier molecular flexibility index (Phi) is 6.16. The zero-order valence-electron chi connectivity index (χ0n) is 12.0. The highest BCUT2D eigenvalue weighted by atomic mass is 32.2. The van der Waals surface area contributed by atoms with E-state index in [0.717, 1.165) is 11.8 Å². The van der Waals surface area contributed by atoms with Crippen LogP contribution in [-0.2, 0) is 9.53 Å². The molecule has 0 radical (unpaired) electrons. The van der Waals surface area contributed by atoms with E-state index in [2.05, 4.69) is 0 Å². The summed E-state index contributed by atoms with van der Waals surface area (Å²) < 4.78 is 5.47. The fourth-order valence-electron chi connectivity index (χ4n) is 1.35. The van der Waals surface area contributed by atoms with E-state index in [4.69, 9.17) is 4.74 Å². The Balaban J connectivity index is 4.50. The van der Waals surface area contributed by atoms with E-state index < -0.39 is 17.4 Å². The molecule has 0 unspecified atom stereocenters. The first-order valence-electron chi connectivity index (χ1n) is 5.79. The molecule has 0 aromatic carbocycles. The van der Waals surface area contributed by atoms with E-state index >= 15 is 0 Å². The van der Waals surface area contributed by atoms with Gasteiger partial charge in [0.1, 0.15) is 6.54 Å². The zero-order valence-corrected chi connectivity index (χ0v) is 12.8. The maximum absolute atomic E-state index is 11.7. The van der Waals surface area contributed by atoms with E-state index in [1.54, 1.807) is 0 Å². The summed E-state index contributed by atoms with van der Waals surface area (Å²) in [6.45, 7) is 6.12. The molecule has 0 amide bonds. The van der Waals surface area contributed by atoms with E-state index in [0.29, 0.717) is 11.0 Å². The van der Waals surface area contributed by atoms with Crippen molar-refractivity contribution in [3.8, 4) is 0 Å². The number of quaternary nitrogens is 1. The number of nitrogens with zero attached hydrogens (tertiary/aromatic N) is 1. The molecule has 0 fully saturated rings. The van der Waals surface area contributed by atoms with E-state index in [9.17, 15) is 14.7 Å². The van der Waals surface area contributed by atoms with Crippen LogP contribution in [0, 0.1) is 0 Å². The average Bonchev–Trinajstić information content (AvgIpc) is 1.92. The molecular formula is C12H23NO4S. The van der Waals surface area contributed by atoms with Gasteiger partial charge in [0, 0.05) is 17.1 Å². The normalized spacial score (nSPS) is 14.1. The number of hydrogen-bond donors (Lipinski definition) is 0. The fraction of sp³-hybridized carbons (Fsp3) is 0.833. The molecule has 5 nitrogen and oxygen atoms in total. The van der Waals surface area contributed by atoms with Crippen LogP contribution in [0.5, 0.6) is 0 Å². The molecule has 0 N–H and O–H groups in total. The number of carbonyl (C=O) groups is 2. The average molecular weight is 277 g/mol. The number of carboxylic acid groups (broad SMARTS) is 1. The molecule has 0 aliphatic rings. The van der Waals surface area contributed by atoms with Crippen molar-refractivity contribution in [1.29, 1.82) is 0 Å². The van der Waals surface area contributed by atoms with Gasteiger partial charge in [-0.05, 0) is 11.8 Å². The largest absolute Gasteiger partial charge is 0.550 e. The number of rotatable bonds is 5. The van der Waals surface area contributed by atoms with Gasteiger partial charge in [-0.3, -0.25) is 0 Å². The van der Waals surface area contributed by atoms with Gasteiger partial charge in [0.2, 0.25) is 0 Å². The van der Waals surface area contributed by atoms with Crippen molar-refractivity contribution < 1.29 is 23.9 Å². The summed E-state index contributed by atoms with van der Waals surface area (Å²) in [6.07, 6.45) is -0.927. The minimum Gasteiger partial charge on any atom is -0.550 e. The molecule has 0 aromatic heterocycles. The topological polar surface area (TPSA) is 66.4 Å². The van der Waals surface area contributed by atoms with Crippen molar-refractivity contribution in [2.75, 3.05) is 27.7 Å². The lowest BCUT2D eigenvalue weighted by molar-refractivity contribution is -0.873. The summed E-state index contributed by atoms with van der Waals surface area (Å²) in [5, 5.41) is 10.2. The van der Waals surface area contributed by atoms with Gasteiger partial charge in [-0.2, -0.15) is 0 Å². The third-order valence-electron chi connectivity index (χ3n) is 1.80. The predicted molar refractivity (Wildman–Crippen MR) is 70.1 cm³/mol. The Bertz CT molecular complexity index is 304. The van der Waals surface area contributed by atoms with E-state index in [1.807, 2.05) is 41.9 Å².